The second kappa shape index (κ2) is 6.35. The Morgan fingerprint density at radius 3 is 2.11 bits per heavy atom. The molecule has 1 fully saturated rings. The molecular weight excluding hydrogens is 269 g/mol. The fraction of sp³-hybridized carbons (Fsp3) is 1.00. The van der Waals surface area contributed by atoms with Crippen molar-refractivity contribution in [2.75, 3.05) is 26.2 Å². The van der Waals surface area contributed by atoms with Gasteiger partial charge in [-0.1, -0.05) is 6.92 Å². The van der Waals surface area contributed by atoms with Crippen LogP contribution in [0.1, 0.15) is 26.2 Å². The van der Waals surface area contributed by atoms with Crippen LogP contribution < -0.4 is 0 Å². The lowest BCUT2D eigenvalue weighted by molar-refractivity contribution is -0.287. The highest BCUT2D eigenvalue weighted by Gasteiger charge is 2.58. The summed E-state index contributed by atoms with van der Waals surface area (Å²) in [6, 6.07) is 0. The number of nitrogens with zero attached hydrogens (tertiary/aromatic N) is 1. The maximum Gasteiger partial charge on any atom is 0.454 e. The van der Waals surface area contributed by atoms with Crippen LogP contribution in [0.25, 0.3) is 0 Å². The van der Waals surface area contributed by atoms with E-state index < -0.39 is 18.6 Å². The van der Waals surface area contributed by atoms with Gasteiger partial charge in [-0.25, -0.2) is 0 Å². The molecule has 0 bridgehead atoms. The van der Waals surface area contributed by atoms with Gasteiger partial charge in [0.25, 0.3) is 0 Å². The topological polar surface area (TPSA) is 23.5 Å². The van der Waals surface area contributed by atoms with Crippen molar-refractivity contribution in [3.05, 3.63) is 0 Å². The van der Waals surface area contributed by atoms with Gasteiger partial charge >= 0.3 is 12.1 Å². The highest BCUT2D eigenvalue weighted by molar-refractivity contribution is 4.83. The summed E-state index contributed by atoms with van der Waals surface area (Å²) in [6.07, 6.45) is -3.62. The van der Waals surface area contributed by atoms with Gasteiger partial charge in [0.2, 0.25) is 0 Å². The molecule has 1 saturated heterocycles. The lowest BCUT2D eigenvalue weighted by Gasteiger charge is -2.36. The second-order valence-electron chi connectivity index (χ2n) is 5.31. The van der Waals surface area contributed by atoms with Gasteiger partial charge in [-0.2, -0.15) is 22.0 Å². The average Bonchev–Trinajstić information content (AvgIpc) is 2.28. The molecule has 1 heterocycles. The van der Waals surface area contributed by atoms with Crippen molar-refractivity contribution in [2.24, 2.45) is 11.8 Å². The van der Waals surface area contributed by atoms with E-state index >= 15 is 0 Å². The third-order valence-electron chi connectivity index (χ3n) is 3.86. The Balaban J connectivity index is 2.42. The zero-order chi connectivity index (χ0) is 14.7. The van der Waals surface area contributed by atoms with Gasteiger partial charge < -0.3 is 5.11 Å². The summed E-state index contributed by atoms with van der Waals surface area (Å²) in [6.45, 7) is 1.31. The number of piperidine rings is 1. The molecule has 0 aromatic heterocycles. The van der Waals surface area contributed by atoms with Gasteiger partial charge in [-0.3, -0.25) is 4.90 Å². The Kier molecular flexibility index (Phi) is 5.55. The number of alkyl halides is 5. The van der Waals surface area contributed by atoms with Crippen molar-refractivity contribution in [2.45, 2.75) is 38.3 Å². The van der Waals surface area contributed by atoms with Crippen LogP contribution >= 0.6 is 0 Å². The molecule has 1 atom stereocenters. The van der Waals surface area contributed by atoms with E-state index in [0.29, 0.717) is 25.2 Å². The number of halogens is 5. The molecule has 114 valence electrons. The minimum atomic E-state index is -5.48. The molecule has 0 spiro atoms. The molecular formula is C12H20F5NO. The molecule has 0 unspecified atom stereocenters. The zero-order valence-corrected chi connectivity index (χ0v) is 10.9. The van der Waals surface area contributed by atoms with E-state index in [1.54, 1.807) is 0 Å². The van der Waals surface area contributed by atoms with Gasteiger partial charge in [0.1, 0.15) is 0 Å². The number of rotatable bonds is 5. The predicted octanol–water partition coefficient (Wildman–Crippen LogP) is 2.91. The average molecular weight is 289 g/mol. The molecule has 7 heteroatoms. The number of hydrogen-bond acceptors (Lipinski definition) is 2. The molecule has 1 aliphatic heterocycles. The first-order valence-corrected chi connectivity index (χ1v) is 6.45. The van der Waals surface area contributed by atoms with E-state index in [1.165, 1.54) is 4.90 Å². The molecule has 0 aliphatic carbocycles. The quantitative estimate of drug-likeness (QED) is 0.787. The molecule has 0 saturated carbocycles. The maximum absolute atomic E-state index is 12.9. The van der Waals surface area contributed by atoms with Gasteiger partial charge in [0.15, 0.2) is 0 Å². The zero-order valence-electron chi connectivity index (χ0n) is 10.9. The first-order valence-electron chi connectivity index (χ1n) is 6.45. The van der Waals surface area contributed by atoms with Crippen molar-refractivity contribution in [1.29, 1.82) is 0 Å². The summed E-state index contributed by atoms with van der Waals surface area (Å²) in [7, 11) is 0. The normalized spacial score (nSPS) is 21.6. The molecule has 2 nitrogen and oxygen atoms in total. The Bertz CT molecular complexity index is 274. The maximum atomic E-state index is 12.9. The molecule has 1 aliphatic rings. The number of likely N-dealkylation sites (tertiary alicyclic amines) is 1. The van der Waals surface area contributed by atoms with Gasteiger partial charge in [-0.05, 0) is 44.2 Å². The van der Waals surface area contributed by atoms with Crippen LogP contribution in [0.5, 0.6) is 0 Å². The fourth-order valence-corrected chi connectivity index (χ4v) is 2.49. The van der Waals surface area contributed by atoms with Crippen molar-refractivity contribution in [1.82, 2.24) is 4.90 Å². The third-order valence-corrected chi connectivity index (χ3v) is 3.86. The van der Waals surface area contributed by atoms with Crippen molar-refractivity contribution in [3.8, 4) is 0 Å². The first kappa shape index (κ1) is 16.6. The lowest BCUT2D eigenvalue weighted by atomic mass is 9.83. The smallest absolute Gasteiger partial charge is 0.396 e. The summed E-state index contributed by atoms with van der Waals surface area (Å²) in [5.74, 6) is -4.07. The molecule has 0 aromatic rings. The third kappa shape index (κ3) is 4.56. The Morgan fingerprint density at radius 1 is 1.16 bits per heavy atom. The molecule has 19 heavy (non-hydrogen) atoms. The monoisotopic (exact) mass is 289 g/mol. The first-order chi connectivity index (χ1) is 8.67. The summed E-state index contributed by atoms with van der Waals surface area (Å²) in [5.41, 5.74) is 0. The van der Waals surface area contributed by atoms with Crippen LogP contribution in [0.3, 0.4) is 0 Å². The molecule has 0 amide bonds. The van der Waals surface area contributed by atoms with E-state index in [0.717, 1.165) is 0 Å². The van der Waals surface area contributed by atoms with Gasteiger partial charge in [0, 0.05) is 6.61 Å². The van der Waals surface area contributed by atoms with Crippen molar-refractivity contribution < 1.29 is 27.1 Å². The lowest BCUT2D eigenvalue weighted by Crippen LogP contribution is -2.49. The van der Waals surface area contributed by atoms with Crippen LogP contribution in [-0.2, 0) is 0 Å². The Hall–Kier alpha value is -0.430. The highest BCUT2D eigenvalue weighted by Crippen LogP contribution is 2.37. The largest absolute Gasteiger partial charge is 0.454 e. The van der Waals surface area contributed by atoms with Crippen LogP contribution in [-0.4, -0.2) is 48.3 Å². The number of aliphatic hydroxyl groups is 1. The number of hydrogen-bond donors (Lipinski definition) is 1. The SMILES string of the molecule is C[C@H](CCO)C1CCN(CC(F)(F)C(F)(F)F)CC1. The van der Waals surface area contributed by atoms with Crippen molar-refractivity contribution >= 4 is 0 Å². The summed E-state index contributed by atoms with van der Waals surface area (Å²) in [5, 5.41) is 8.83. The Labute approximate surface area is 109 Å². The van der Waals surface area contributed by atoms with Crippen LogP contribution in [0, 0.1) is 11.8 Å². The fourth-order valence-electron chi connectivity index (χ4n) is 2.49. The number of aliphatic hydroxyl groups excluding tert-OH is 1. The van der Waals surface area contributed by atoms with E-state index in [-0.39, 0.29) is 25.6 Å². The minimum absolute atomic E-state index is 0.0769. The second-order valence-corrected chi connectivity index (χ2v) is 5.31. The van der Waals surface area contributed by atoms with E-state index in [1.807, 2.05) is 6.92 Å². The Morgan fingerprint density at radius 2 is 1.68 bits per heavy atom. The highest BCUT2D eigenvalue weighted by atomic mass is 19.4. The summed E-state index contributed by atoms with van der Waals surface area (Å²) < 4.78 is 62.1. The summed E-state index contributed by atoms with van der Waals surface area (Å²) >= 11 is 0. The van der Waals surface area contributed by atoms with Gasteiger partial charge in [-0.15, -0.1) is 0 Å². The standard InChI is InChI=1S/C12H20F5NO/c1-9(4-7-19)10-2-5-18(6-3-10)8-11(13,14)12(15,16)17/h9-10,19H,2-8H2,1H3/t9-/m1/s1. The molecule has 1 N–H and O–H groups in total. The molecule has 0 radical (unpaired) electrons. The van der Waals surface area contributed by atoms with Crippen LogP contribution in [0.4, 0.5) is 22.0 Å². The molecule has 1 rings (SSSR count). The van der Waals surface area contributed by atoms with Crippen LogP contribution in [0.2, 0.25) is 0 Å². The van der Waals surface area contributed by atoms with E-state index in [9.17, 15) is 22.0 Å². The summed E-state index contributed by atoms with van der Waals surface area (Å²) in [4.78, 5) is 1.18. The van der Waals surface area contributed by atoms with Gasteiger partial charge in [0.05, 0.1) is 6.54 Å². The predicted molar refractivity (Wildman–Crippen MR) is 61.0 cm³/mol. The van der Waals surface area contributed by atoms with Crippen LogP contribution in [0.15, 0.2) is 0 Å². The van der Waals surface area contributed by atoms with E-state index in [4.69, 9.17) is 5.11 Å². The van der Waals surface area contributed by atoms with E-state index in [2.05, 4.69) is 0 Å². The molecule has 0 aromatic carbocycles. The minimum Gasteiger partial charge on any atom is -0.396 e. The van der Waals surface area contributed by atoms with Crippen molar-refractivity contribution in [3.63, 3.8) is 0 Å².